The lowest BCUT2D eigenvalue weighted by Crippen LogP contribution is -2.58. The van der Waals surface area contributed by atoms with E-state index in [4.69, 9.17) is 25.5 Å². The second-order valence-electron chi connectivity index (χ2n) is 6.24. The molecule has 1 aliphatic rings. The van der Waals surface area contributed by atoms with Crippen LogP contribution in [0.4, 0.5) is 0 Å². The number of aromatic hydroxyl groups is 1. The van der Waals surface area contributed by atoms with Gasteiger partial charge in [-0.25, -0.2) is 4.98 Å². The van der Waals surface area contributed by atoms with Gasteiger partial charge in [0.25, 0.3) is 0 Å². The first kappa shape index (κ1) is 19.4. The Morgan fingerprint density at radius 2 is 1.56 bits per heavy atom. The lowest BCUT2D eigenvalue weighted by molar-refractivity contribution is -0.286. The highest BCUT2D eigenvalue weighted by Crippen LogP contribution is 2.26. The van der Waals surface area contributed by atoms with E-state index in [1.807, 2.05) is 36.4 Å². The minimum atomic E-state index is -1.57. The van der Waals surface area contributed by atoms with Crippen LogP contribution in [-0.2, 0) is 4.74 Å². The Kier molecular flexibility index (Phi) is 5.85. The Balaban J connectivity index is 0.000000161. The van der Waals surface area contributed by atoms with Gasteiger partial charge in [0.1, 0.15) is 30.2 Å². The third-order valence-electron chi connectivity index (χ3n) is 4.40. The van der Waals surface area contributed by atoms with Gasteiger partial charge in [-0.1, -0.05) is 24.3 Å². The van der Waals surface area contributed by atoms with Gasteiger partial charge in [-0.2, -0.15) is 0 Å². The molecule has 144 valence electrons. The third-order valence-corrected chi connectivity index (χ3v) is 4.40. The van der Waals surface area contributed by atoms with Gasteiger partial charge in [-0.3, -0.25) is 0 Å². The largest absolute Gasteiger partial charge is 0.507 e. The molecule has 0 aliphatic carbocycles. The van der Waals surface area contributed by atoms with Crippen molar-refractivity contribution in [3.8, 4) is 5.75 Å². The van der Waals surface area contributed by atoms with Crippen molar-refractivity contribution in [1.82, 2.24) is 4.98 Å². The maximum absolute atomic E-state index is 9.69. The Morgan fingerprint density at radius 1 is 0.852 bits per heavy atom. The number of hydrogen-bond acceptors (Lipinski definition) is 8. The van der Waals surface area contributed by atoms with E-state index >= 15 is 0 Å². The number of rotatable bonds is 1. The molecule has 0 bridgehead atoms. The number of phenolic OH excluding ortho intramolecular Hbond substituents is 1. The maximum Gasteiger partial charge on any atom is 0.184 e. The first-order chi connectivity index (χ1) is 12.9. The van der Waals surface area contributed by atoms with Gasteiger partial charge in [0, 0.05) is 10.8 Å². The van der Waals surface area contributed by atoms with E-state index in [1.54, 1.807) is 12.1 Å². The lowest BCUT2D eigenvalue weighted by Gasteiger charge is -2.37. The van der Waals surface area contributed by atoms with E-state index in [2.05, 4.69) is 9.72 Å². The third kappa shape index (κ3) is 4.01. The van der Waals surface area contributed by atoms with Crippen molar-refractivity contribution in [2.75, 3.05) is 6.61 Å². The predicted molar refractivity (Wildman–Crippen MR) is 96.9 cm³/mol. The molecule has 0 spiro atoms. The minimum Gasteiger partial charge on any atom is -0.507 e. The van der Waals surface area contributed by atoms with Crippen molar-refractivity contribution in [2.24, 2.45) is 0 Å². The topological polar surface area (TPSA) is 144 Å². The molecule has 27 heavy (non-hydrogen) atoms. The van der Waals surface area contributed by atoms with Crippen LogP contribution in [0.25, 0.3) is 21.8 Å². The summed E-state index contributed by atoms with van der Waals surface area (Å²) < 4.78 is 4.58. The summed E-state index contributed by atoms with van der Waals surface area (Å²) in [5.74, 6) is 0.283. The molecule has 0 radical (unpaired) electrons. The van der Waals surface area contributed by atoms with Crippen LogP contribution >= 0.6 is 0 Å². The van der Waals surface area contributed by atoms with Crippen molar-refractivity contribution in [3.63, 3.8) is 0 Å². The zero-order valence-corrected chi connectivity index (χ0v) is 14.3. The monoisotopic (exact) mass is 375 g/mol. The highest BCUT2D eigenvalue weighted by Gasteiger charge is 2.42. The summed E-state index contributed by atoms with van der Waals surface area (Å²) in [5.41, 5.74) is 1.78. The number of para-hydroxylation sites is 1. The van der Waals surface area contributed by atoms with Gasteiger partial charge in [0.15, 0.2) is 6.29 Å². The lowest BCUT2D eigenvalue weighted by atomic mass is 10.00. The number of benzene rings is 2. The SMILES string of the molecule is OC[C@H]1O[C@@H](O)[C@H](O)[C@@H](O)[C@H]1O.Oc1cccc2nc3ccccc3cc12. The van der Waals surface area contributed by atoms with E-state index in [9.17, 15) is 5.11 Å². The average molecular weight is 375 g/mol. The molecule has 0 saturated carbocycles. The fourth-order valence-corrected chi connectivity index (χ4v) is 2.86. The number of aromatic nitrogens is 1. The molecule has 0 amide bonds. The van der Waals surface area contributed by atoms with Crippen molar-refractivity contribution in [3.05, 3.63) is 48.5 Å². The van der Waals surface area contributed by atoms with Gasteiger partial charge in [0.05, 0.1) is 17.6 Å². The Bertz CT molecular complexity index is 914. The minimum absolute atomic E-state index is 0.283. The van der Waals surface area contributed by atoms with E-state index in [0.717, 1.165) is 21.8 Å². The van der Waals surface area contributed by atoms with E-state index in [-0.39, 0.29) is 5.75 Å². The van der Waals surface area contributed by atoms with Crippen molar-refractivity contribution in [1.29, 1.82) is 0 Å². The number of fused-ring (bicyclic) bond motifs is 2. The quantitative estimate of drug-likeness (QED) is 0.323. The van der Waals surface area contributed by atoms with Gasteiger partial charge >= 0.3 is 0 Å². The van der Waals surface area contributed by atoms with Gasteiger partial charge in [-0.15, -0.1) is 0 Å². The van der Waals surface area contributed by atoms with Crippen molar-refractivity contribution >= 4 is 21.8 Å². The van der Waals surface area contributed by atoms with Crippen molar-refractivity contribution < 1.29 is 35.4 Å². The Morgan fingerprint density at radius 3 is 2.30 bits per heavy atom. The summed E-state index contributed by atoms with van der Waals surface area (Å²) in [6.45, 7) is -0.526. The van der Waals surface area contributed by atoms with Crippen LogP contribution in [0.3, 0.4) is 0 Å². The summed E-state index contributed by atoms with van der Waals surface area (Å²) >= 11 is 0. The molecule has 2 heterocycles. The normalized spacial score (nSPS) is 28.0. The molecular formula is C19H21NO7. The number of aliphatic hydroxyl groups is 5. The summed E-state index contributed by atoms with van der Waals surface area (Å²) in [5, 5.41) is 56.2. The number of nitrogens with zero attached hydrogens (tertiary/aromatic N) is 1. The zero-order chi connectivity index (χ0) is 19.6. The van der Waals surface area contributed by atoms with E-state index < -0.39 is 37.3 Å². The van der Waals surface area contributed by atoms with Crippen LogP contribution in [0, 0.1) is 0 Å². The summed E-state index contributed by atoms with van der Waals surface area (Å²) in [4.78, 5) is 4.48. The molecule has 8 nitrogen and oxygen atoms in total. The molecule has 1 fully saturated rings. The Hall–Kier alpha value is -2.33. The van der Waals surface area contributed by atoms with E-state index in [0.29, 0.717) is 0 Å². The van der Waals surface area contributed by atoms with Crippen LogP contribution in [0.15, 0.2) is 48.5 Å². The molecule has 4 rings (SSSR count). The first-order valence-corrected chi connectivity index (χ1v) is 8.38. The molecule has 3 aromatic rings. The van der Waals surface area contributed by atoms with Gasteiger partial charge in [0.2, 0.25) is 0 Å². The summed E-state index contributed by atoms with van der Waals surface area (Å²) in [6, 6.07) is 15.2. The second-order valence-corrected chi connectivity index (χ2v) is 6.24. The molecule has 2 aromatic carbocycles. The van der Waals surface area contributed by atoms with Crippen LogP contribution in [0.5, 0.6) is 5.75 Å². The standard InChI is InChI=1S/C13H9NO.C6H12O6/c15-13-7-3-6-12-10(13)8-9-4-1-2-5-11(9)14-12;7-1-2-3(8)4(9)5(10)6(11)12-2/h1-8,15H;2-11H,1H2/t;2-,3+,4+,5-,6-/m.1/s1. The van der Waals surface area contributed by atoms with Crippen molar-refractivity contribution in [2.45, 2.75) is 30.7 Å². The second kappa shape index (κ2) is 8.13. The summed E-state index contributed by atoms with van der Waals surface area (Å²) in [7, 11) is 0. The maximum atomic E-state index is 9.69. The number of aliphatic hydroxyl groups excluding tert-OH is 5. The smallest absolute Gasteiger partial charge is 0.184 e. The Labute approximate surface area is 154 Å². The number of hydrogen-bond donors (Lipinski definition) is 6. The van der Waals surface area contributed by atoms with Gasteiger partial charge in [-0.05, 0) is 24.3 Å². The molecule has 5 atom stereocenters. The molecule has 1 saturated heterocycles. The number of phenols is 1. The van der Waals surface area contributed by atoms with Crippen LogP contribution in [0.2, 0.25) is 0 Å². The highest BCUT2D eigenvalue weighted by atomic mass is 16.6. The molecule has 8 heteroatoms. The molecule has 1 aromatic heterocycles. The average Bonchev–Trinajstić information content (AvgIpc) is 2.68. The fourth-order valence-electron chi connectivity index (χ4n) is 2.86. The summed E-state index contributed by atoms with van der Waals surface area (Å²) in [6.07, 6.45) is -7.04. The first-order valence-electron chi connectivity index (χ1n) is 8.38. The number of ether oxygens (including phenoxy) is 1. The van der Waals surface area contributed by atoms with Crippen LogP contribution in [-0.4, -0.2) is 72.9 Å². The van der Waals surface area contributed by atoms with E-state index in [1.165, 1.54) is 0 Å². The van der Waals surface area contributed by atoms with Crippen LogP contribution < -0.4 is 0 Å². The predicted octanol–water partition coefficient (Wildman–Crippen LogP) is -0.128. The zero-order valence-electron chi connectivity index (χ0n) is 14.3. The molecular weight excluding hydrogens is 354 g/mol. The molecule has 1 aliphatic heterocycles. The fraction of sp³-hybridized carbons (Fsp3) is 0.316. The number of pyridine rings is 1. The highest BCUT2D eigenvalue weighted by molar-refractivity contribution is 5.95. The van der Waals surface area contributed by atoms with Gasteiger partial charge < -0.3 is 35.4 Å². The molecule has 0 unspecified atom stereocenters. The van der Waals surface area contributed by atoms with Crippen LogP contribution in [0.1, 0.15) is 0 Å². The molecule has 6 N–H and O–H groups in total.